The first kappa shape index (κ1) is 15.6. The van der Waals surface area contributed by atoms with Gasteiger partial charge in [-0.1, -0.05) is 42.5 Å². The predicted molar refractivity (Wildman–Crippen MR) is 91.6 cm³/mol. The van der Waals surface area contributed by atoms with Crippen molar-refractivity contribution in [2.45, 2.75) is 38.6 Å². The van der Waals surface area contributed by atoms with Gasteiger partial charge in [0, 0.05) is 6.42 Å². The van der Waals surface area contributed by atoms with E-state index in [0.717, 1.165) is 24.2 Å². The molecule has 3 rings (SSSR count). The molecule has 1 aliphatic carbocycles. The first-order valence-corrected chi connectivity index (χ1v) is 8.35. The molecule has 0 aromatic heterocycles. The van der Waals surface area contributed by atoms with Crippen molar-refractivity contribution >= 4 is 5.91 Å². The SMILES string of the molecule is CCOc1ccccc1CCC(=O)NC1CCc2ccccc21. The summed E-state index contributed by atoms with van der Waals surface area (Å²) in [7, 11) is 0. The van der Waals surface area contributed by atoms with Crippen molar-refractivity contribution in [1.29, 1.82) is 0 Å². The van der Waals surface area contributed by atoms with Crippen LogP contribution in [0.2, 0.25) is 0 Å². The minimum atomic E-state index is 0.109. The summed E-state index contributed by atoms with van der Waals surface area (Å²) in [6.07, 6.45) is 3.24. The molecule has 0 heterocycles. The molecule has 0 saturated heterocycles. The molecule has 1 aliphatic rings. The lowest BCUT2D eigenvalue weighted by atomic mass is 10.1. The maximum atomic E-state index is 12.3. The lowest BCUT2D eigenvalue weighted by molar-refractivity contribution is -0.121. The fourth-order valence-corrected chi connectivity index (χ4v) is 3.23. The topological polar surface area (TPSA) is 38.3 Å². The summed E-state index contributed by atoms with van der Waals surface area (Å²) < 4.78 is 5.62. The Morgan fingerprint density at radius 1 is 1.17 bits per heavy atom. The van der Waals surface area contributed by atoms with Crippen molar-refractivity contribution in [3.8, 4) is 5.75 Å². The van der Waals surface area contributed by atoms with E-state index in [1.807, 2.05) is 37.3 Å². The molecule has 2 aromatic carbocycles. The summed E-state index contributed by atoms with van der Waals surface area (Å²) in [6, 6.07) is 16.5. The van der Waals surface area contributed by atoms with Crippen LogP contribution < -0.4 is 10.1 Å². The Morgan fingerprint density at radius 3 is 2.83 bits per heavy atom. The molecule has 1 atom stereocenters. The Bertz CT molecular complexity index is 681. The third-order valence-corrected chi connectivity index (χ3v) is 4.36. The highest BCUT2D eigenvalue weighted by molar-refractivity contribution is 5.77. The van der Waals surface area contributed by atoms with Crippen LogP contribution in [-0.2, 0) is 17.6 Å². The normalized spacial score (nSPS) is 16.0. The molecule has 0 saturated carbocycles. The monoisotopic (exact) mass is 309 g/mol. The van der Waals surface area contributed by atoms with Crippen LogP contribution >= 0.6 is 0 Å². The highest BCUT2D eigenvalue weighted by Crippen LogP contribution is 2.30. The number of fused-ring (bicyclic) bond motifs is 1. The highest BCUT2D eigenvalue weighted by atomic mass is 16.5. The van der Waals surface area contributed by atoms with Gasteiger partial charge in [0.25, 0.3) is 0 Å². The fraction of sp³-hybridized carbons (Fsp3) is 0.350. The van der Waals surface area contributed by atoms with Gasteiger partial charge in [-0.15, -0.1) is 0 Å². The summed E-state index contributed by atoms with van der Waals surface area (Å²) in [5, 5.41) is 3.18. The molecule has 1 unspecified atom stereocenters. The third kappa shape index (κ3) is 3.73. The molecule has 23 heavy (non-hydrogen) atoms. The van der Waals surface area contributed by atoms with Crippen LogP contribution in [0, 0.1) is 0 Å². The minimum absolute atomic E-state index is 0.109. The number of rotatable bonds is 6. The first-order chi connectivity index (χ1) is 11.3. The quantitative estimate of drug-likeness (QED) is 0.881. The average molecular weight is 309 g/mol. The van der Waals surface area contributed by atoms with Crippen molar-refractivity contribution in [3.05, 3.63) is 65.2 Å². The number of hydrogen-bond donors (Lipinski definition) is 1. The number of benzene rings is 2. The minimum Gasteiger partial charge on any atom is -0.494 e. The van der Waals surface area contributed by atoms with E-state index in [2.05, 4.69) is 23.5 Å². The number of hydrogen-bond acceptors (Lipinski definition) is 2. The van der Waals surface area contributed by atoms with E-state index in [9.17, 15) is 4.79 Å². The molecule has 0 aliphatic heterocycles. The van der Waals surface area contributed by atoms with Gasteiger partial charge in [-0.2, -0.15) is 0 Å². The molecular weight excluding hydrogens is 286 g/mol. The maximum Gasteiger partial charge on any atom is 0.220 e. The van der Waals surface area contributed by atoms with Crippen molar-refractivity contribution in [3.63, 3.8) is 0 Å². The van der Waals surface area contributed by atoms with Gasteiger partial charge in [0.1, 0.15) is 5.75 Å². The number of amides is 1. The molecule has 3 nitrogen and oxygen atoms in total. The van der Waals surface area contributed by atoms with Crippen molar-refractivity contribution in [2.24, 2.45) is 0 Å². The smallest absolute Gasteiger partial charge is 0.220 e. The number of ether oxygens (including phenoxy) is 1. The largest absolute Gasteiger partial charge is 0.494 e. The van der Waals surface area contributed by atoms with Crippen molar-refractivity contribution < 1.29 is 9.53 Å². The lowest BCUT2D eigenvalue weighted by Gasteiger charge is -2.15. The van der Waals surface area contributed by atoms with Crippen LogP contribution in [0.25, 0.3) is 0 Å². The summed E-state index contributed by atoms with van der Waals surface area (Å²) in [5.74, 6) is 0.993. The second-order valence-electron chi connectivity index (χ2n) is 5.90. The van der Waals surface area contributed by atoms with Crippen LogP contribution in [0.15, 0.2) is 48.5 Å². The number of para-hydroxylation sites is 1. The Hall–Kier alpha value is -2.29. The van der Waals surface area contributed by atoms with E-state index < -0.39 is 0 Å². The number of aryl methyl sites for hydroxylation is 2. The Labute approximate surface area is 137 Å². The molecule has 3 heteroatoms. The van der Waals surface area contributed by atoms with E-state index in [0.29, 0.717) is 19.4 Å². The van der Waals surface area contributed by atoms with Crippen molar-refractivity contribution in [2.75, 3.05) is 6.61 Å². The molecule has 1 amide bonds. The Kier molecular flexibility index (Phi) is 4.96. The van der Waals surface area contributed by atoms with Crippen LogP contribution in [0.4, 0.5) is 0 Å². The number of nitrogens with one attached hydrogen (secondary N) is 1. The highest BCUT2D eigenvalue weighted by Gasteiger charge is 2.23. The third-order valence-electron chi connectivity index (χ3n) is 4.36. The summed E-state index contributed by atoms with van der Waals surface area (Å²) in [5.41, 5.74) is 3.73. The van der Waals surface area contributed by atoms with Gasteiger partial charge < -0.3 is 10.1 Å². The zero-order chi connectivity index (χ0) is 16.1. The average Bonchev–Trinajstić information content (AvgIpc) is 2.98. The van der Waals surface area contributed by atoms with Crippen LogP contribution in [0.1, 0.15) is 42.5 Å². The zero-order valence-corrected chi connectivity index (χ0v) is 13.5. The van der Waals surface area contributed by atoms with Gasteiger partial charge in [0.05, 0.1) is 12.6 Å². The van der Waals surface area contributed by atoms with Gasteiger partial charge in [0.2, 0.25) is 5.91 Å². The van der Waals surface area contributed by atoms with Gasteiger partial charge in [0.15, 0.2) is 0 Å². The molecule has 0 fully saturated rings. The summed E-state index contributed by atoms with van der Waals surface area (Å²) >= 11 is 0. The Morgan fingerprint density at radius 2 is 1.96 bits per heavy atom. The molecule has 120 valence electrons. The molecule has 2 aromatic rings. The summed E-state index contributed by atoms with van der Waals surface area (Å²) in [4.78, 5) is 12.3. The molecule has 0 bridgehead atoms. The van der Waals surface area contributed by atoms with Gasteiger partial charge in [-0.25, -0.2) is 0 Å². The molecule has 1 N–H and O–H groups in total. The van der Waals surface area contributed by atoms with E-state index >= 15 is 0 Å². The van der Waals surface area contributed by atoms with Gasteiger partial charge >= 0.3 is 0 Å². The van der Waals surface area contributed by atoms with Crippen molar-refractivity contribution in [1.82, 2.24) is 5.32 Å². The van der Waals surface area contributed by atoms with Crippen LogP contribution in [0.3, 0.4) is 0 Å². The molecular formula is C20H23NO2. The number of carbonyl (C=O) groups excluding carboxylic acids is 1. The second kappa shape index (κ2) is 7.32. The lowest BCUT2D eigenvalue weighted by Crippen LogP contribution is -2.27. The zero-order valence-electron chi connectivity index (χ0n) is 13.5. The van der Waals surface area contributed by atoms with Gasteiger partial charge in [-0.3, -0.25) is 4.79 Å². The van der Waals surface area contributed by atoms with Crippen LogP contribution in [0.5, 0.6) is 5.75 Å². The Balaban J connectivity index is 1.57. The number of carbonyl (C=O) groups is 1. The maximum absolute atomic E-state index is 12.3. The van der Waals surface area contributed by atoms with E-state index in [-0.39, 0.29) is 11.9 Å². The summed E-state index contributed by atoms with van der Waals surface area (Å²) in [6.45, 7) is 2.61. The van der Waals surface area contributed by atoms with E-state index in [1.165, 1.54) is 11.1 Å². The van der Waals surface area contributed by atoms with E-state index in [4.69, 9.17) is 4.74 Å². The van der Waals surface area contributed by atoms with Crippen LogP contribution in [-0.4, -0.2) is 12.5 Å². The first-order valence-electron chi connectivity index (χ1n) is 8.35. The molecule has 0 spiro atoms. The second-order valence-corrected chi connectivity index (χ2v) is 5.90. The fourth-order valence-electron chi connectivity index (χ4n) is 3.23. The molecule has 0 radical (unpaired) electrons. The van der Waals surface area contributed by atoms with Gasteiger partial charge in [-0.05, 0) is 48.9 Å². The van der Waals surface area contributed by atoms with E-state index in [1.54, 1.807) is 0 Å². The predicted octanol–water partition coefficient (Wildman–Crippen LogP) is 3.82. The standard InChI is InChI=1S/C20H23NO2/c1-2-23-19-10-6-4-8-16(19)12-14-20(22)21-18-13-11-15-7-3-5-9-17(15)18/h3-10,18H,2,11-14H2,1H3,(H,21,22).